The molecule has 164 valence electrons. The van der Waals surface area contributed by atoms with Gasteiger partial charge in [-0.25, -0.2) is 0 Å². The second-order valence-corrected chi connectivity index (χ2v) is 6.68. The van der Waals surface area contributed by atoms with Crippen molar-refractivity contribution >= 4 is 5.91 Å². The fraction of sp³-hybridized carbons (Fsp3) is 0.588. The number of aliphatic hydroxyl groups excluding tert-OH is 1. The van der Waals surface area contributed by atoms with Crippen LogP contribution in [0.5, 0.6) is 5.75 Å². The molecule has 5 nitrogen and oxygen atoms in total. The number of nitrogens with two attached hydrogens (primary N) is 1. The molecule has 12 heteroatoms. The first-order valence-electron chi connectivity index (χ1n) is 8.37. The van der Waals surface area contributed by atoms with Crippen LogP contribution in [0.25, 0.3) is 0 Å². The summed E-state index contributed by atoms with van der Waals surface area (Å²) in [5.74, 6) is -5.34. The third-order valence-electron chi connectivity index (χ3n) is 4.93. The van der Waals surface area contributed by atoms with Crippen molar-refractivity contribution < 1.29 is 50.1 Å². The van der Waals surface area contributed by atoms with E-state index in [9.17, 15) is 40.6 Å². The smallest absolute Gasteiger partial charge is 0.396 e. The van der Waals surface area contributed by atoms with E-state index in [0.717, 1.165) is 12.1 Å². The number of aliphatic hydroxyl groups is 1. The van der Waals surface area contributed by atoms with E-state index in [-0.39, 0.29) is 5.56 Å². The van der Waals surface area contributed by atoms with Gasteiger partial charge in [0.15, 0.2) is 0 Å². The van der Waals surface area contributed by atoms with E-state index in [1.54, 1.807) is 0 Å². The molecule has 2 unspecified atom stereocenters. The summed E-state index contributed by atoms with van der Waals surface area (Å²) in [4.78, 5) is 12.0. The van der Waals surface area contributed by atoms with Gasteiger partial charge in [0.05, 0.1) is 24.0 Å². The lowest BCUT2D eigenvalue weighted by molar-refractivity contribution is -0.223. The van der Waals surface area contributed by atoms with Gasteiger partial charge in [-0.05, 0) is 30.5 Å². The molecule has 3 N–H and O–H groups in total. The van der Waals surface area contributed by atoms with E-state index >= 15 is 0 Å². The number of halogens is 7. The van der Waals surface area contributed by atoms with Gasteiger partial charge in [0.2, 0.25) is 5.91 Å². The molecule has 0 radical (unpaired) electrons. The minimum atomic E-state index is -4.87. The van der Waals surface area contributed by atoms with Crippen LogP contribution >= 0.6 is 0 Å². The highest BCUT2D eigenvalue weighted by atomic mass is 19.4. The minimum Gasteiger partial charge on any atom is -0.435 e. The zero-order valence-electron chi connectivity index (χ0n) is 14.7. The summed E-state index contributed by atoms with van der Waals surface area (Å²) >= 11 is 0. The quantitative estimate of drug-likeness (QED) is 0.554. The molecule has 1 aromatic rings. The van der Waals surface area contributed by atoms with Crippen LogP contribution in [0.2, 0.25) is 0 Å². The number of alkyl halides is 7. The third kappa shape index (κ3) is 5.30. The van der Waals surface area contributed by atoms with Gasteiger partial charge in [-0.3, -0.25) is 4.79 Å². The number of ether oxygens (including phenoxy) is 2. The van der Waals surface area contributed by atoms with Crippen molar-refractivity contribution in [2.75, 3.05) is 6.61 Å². The number of hydrogen-bond donors (Lipinski definition) is 2. The molecule has 1 saturated carbocycles. The Hall–Kier alpha value is -2.08. The van der Waals surface area contributed by atoms with Crippen molar-refractivity contribution in [3.05, 3.63) is 29.8 Å². The molecule has 1 aromatic carbocycles. The van der Waals surface area contributed by atoms with Crippen LogP contribution in [0.3, 0.4) is 0 Å². The fourth-order valence-corrected chi connectivity index (χ4v) is 3.30. The molecule has 0 aromatic heterocycles. The average molecular weight is 433 g/mol. The highest BCUT2D eigenvalue weighted by Crippen LogP contribution is 2.62. The second kappa shape index (κ2) is 8.74. The molecule has 29 heavy (non-hydrogen) atoms. The minimum absolute atomic E-state index is 0.135. The van der Waals surface area contributed by atoms with Gasteiger partial charge in [0.1, 0.15) is 5.75 Å². The van der Waals surface area contributed by atoms with Crippen molar-refractivity contribution in [3.8, 4) is 5.75 Å². The van der Waals surface area contributed by atoms with Gasteiger partial charge in [0.25, 0.3) is 0 Å². The molecule has 2 rings (SSSR count). The topological polar surface area (TPSA) is 81.8 Å². The largest absolute Gasteiger partial charge is 0.435 e. The Morgan fingerprint density at radius 1 is 1.17 bits per heavy atom. The molecule has 0 bridgehead atoms. The highest BCUT2D eigenvalue weighted by molar-refractivity contribution is 5.79. The maximum Gasteiger partial charge on any atom is 0.396 e. The molecular formula is C17H18F7NO4. The molecule has 0 spiro atoms. The Kier molecular flexibility index (Phi) is 6.99. The number of primary amides is 1. The predicted molar refractivity (Wildman–Crippen MR) is 84.2 cm³/mol. The van der Waals surface area contributed by atoms with Crippen molar-refractivity contribution in [3.63, 3.8) is 0 Å². The Balaban J connectivity index is 2.44. The van der Waals surface area contributed by atoms with Crippen molar-refractivity contribution in [1.29, 1.82) is 0 Å². The van der Waals surface area contributed by atoms with Crippen LogP contribution in [0.1, 0.15) is 24.3 Å². The molecule has 0 saturated heterocycles. The van der Waals surface area contributed by atoms with Gasteiger partial charge >= 0.3 is 19.4 Å². The fourth-order valence-electron chi connectivity index (χ4n) is 3.30. The van der Waals surface area contributed by atoms with E-state index in [2.05, 4.69) is 9.47 Å². The van der Waals surface area contributed by atoms with Crippen LogP contribution in [0.4, 0.5) is 30.7 Å². The number of hydrogen-bond acceptors (Lipinski definition) is 4. The number of benzene rings is 1. The lowest BCUT2D eigenvalue weighted by Crippen LogP contribution is -2.48. The summed E-state index contributed by atoms with van der Waals surface area (Å²) in [6.45, 7) is -7.55. The van der Waals surface area contributed by atoms with E-state index in [1.165, 1.54) is 12.1 Å². The van der Waals surface area contributed by atoms with Gasteiger partial charge < -0.3 is 20.3 Å². The monoisotopic (exact) mass is 433 g/mol. The Bertz CT molecular complexity index is 709. The Morgan fingerprint density at radius 3 is 2.24 bits per heavy atom. The van der Waals surface area contributed by atoms with Gasteiger partial charge in [0, 0.05) is 5.92 Å². The normalized spacial score (nSPS) is 19.1. The van der Waals surface area contributed by atoms with Crippen LogP contribution in [-0.2, 0) is 9.53 Å². The van der Waals surface area contributed by atoms with Crippen molar-refractivity contribution in [2.24, 2.45) is 17.1 Å². The lowest BCUT2D eigenvalue weighted by Gasteiger charge is -2.34. The summed E-state index contributed by atoms with van der Waals surface area (Å²) < 4.78 is 98.5. The van der Waals surface area contributed by atoms with Gasteiger partial charge in [-0.2, -0.15) is 30.7 Å². The van der Waals surface area contributed by atoms with Crippen LogP contribution < -0.4 is 10.5 Å². The Morgan fingerprint density at radius 2 is 1.79 bits per heavy atom. The molecule has 1 aliphatic rings. The summed E-state index contributed by atoms with van der Waals surface area (Å²) in [5.41, 5.74) is 2.47. The number of carbonyl (C=O) groups is 1. The summed E-state index contributed by atoms with van der Waals surface area (Å²) in [6.07, 6.45) is -8.16. The van der Waals surface area contributed by atoms with Crippen LogP contribution in [0.15, 0.2) is 24.3 Å². The first-order chi connectivity index (χ1) is 13.4. The van der Waals surface area contributed by atoms with Gasteiger partial charge in [-0.1, -0.05) is 12.1 Å². The predicted octanol–water partition coefficient (Wildman–Crippen LogP) is 3.42. The van der Waals surface area contributed by atoms with Crippen LogP contribution in [0, 0.1) is 11.3 Å². The summed E-state index contributed by atoms with van der Waals surface area (Å²) in [5, 5.41) is 10.4. The summed E-state index contributed by atoms with van der Waals surface area (Å²) in [6, 6.07) is 4.38. The molecule has 0 heterocycles. The molecule has 0 aliphatic heterocycles. The molecule has 3 atom stereocenters. The van der Waals surface area contributed by atoms with E-state index in [0.29, 0.717) is 0 Å². The average Bonchev–Trinajstić information content (AvgIpc) is 3.38. The number of rotatable bonds is 10. The molecule has 1 fully saturated rings. The number of amides is 1. The van der Waals surface area contributed by atoms with Crippen LogP contribution in [-0.4, -0.2) is 43.1 Å². The van der Waals surface area contributed by atoms with Crippen molar-refractivity contribution in [1.82, 2.24) is 0 Å². The second-order valence-electron chi connectivity index (χ2n) is 6.68. The zero-order chi connectivity index (χ0) is 22.0. The standard InChI is InChI=1S/C17H18F7NO4/c18-14(19)28-7-10(8-2-1-3-9(6-8)29-15(20)21)11(13(25)27)12(26)16(4-5-16)17(22,23)24/h1-3,6,10-12,14-15,26H,4-5,7H2,(H2,25,27)/t10-,11?,12?/m0/s1. The maximum absolute atomic E-state index is 13.4. The lowest BCUT2D eigenvalue weighted by atomic mass is 9.76. The Labute approximate surface area is 160 Å². The number of carbonyl (C=O) groups excluding carboxylic acids is 1. The van der Waals surface area contributed by atoms with E-state index in [4.69, 9.17) is 5.73 Å². The first-order valence-corrected chi connectivity index (χ1v) is 8.37. The van der Waals surface area contributed by atoms with E-state index in [1.807, 2.05) is 0 Å². The van der Waals surface area contributed by atoms with Crippen molar-refractivity contribution in [2.45, 2.75) is 44.3 Å². The summed E-state index contributed by atoms with van der Waals surface area (Å²) in [7, 11) is 0. The zero-order valence-corrected chi connectivity index (χ0v) is 14.7. The molecule has 1 amide bonds. The van der Waals surface area contributed by atoms with E-state index < -0.39 is 73.9 Å². The maximum atomic E-state index is 13.4. The third-order valence-corrected chi connectivity index (χ3v) is 4.93. The SMILES string of the molecule is NC(=O)C(C(O)C1(C(F)(F)F)CC1)[C@@H](COC(F)F)c1cccc(OC(F)F)c1. The molecule has 1 aliphatic carbocycles. The first kappa shape index (κ1) is 23.2. The molecular weight excluding hydrogens is 415 g/mol. The van der Waals surface area contributed by atoms with Gasteiger partial charge in [-0.15, -0.1) is 0 Å². The highest BCUT2D eigenvalue weighted by Gasteiger charge is 2.69.